The molecule has 90 valence electrons. The normalized spacial score (nSPS) is 11.5. The molecule has 3 N–H and O–H groups in total. The largest absolute Gasteiger partial charge is 0.441 e. The highest BCUT2D eigenvalue weighted by Crippen LogP contribution is 2.30. The van der Waals surface area contributed by atoms with Crippen molar-refractivity contribution in [1.29, 1.82) is 0 Å². The molecule has 0 fully saturated rings. The topological polar surface area (TPSA) is 38.0 Å². The second kappa shape index (κ2) is 5.67. The molecule has 7 heteroatoms. The standard InChI is InChI=1S/C9H10BrF3N2S/c10-6-1-2-8(7(14)5-6)15-3-4-16-9(11,12)13/h1-2,5,15H,3-4,14H2. The van der Waals surface area contributed by atoms with E-state index in [1.807, 2.05) is 0 Å². The van der Waals surface area contributed by atoms with Crippen molar-refractivity contribution in [2.45, 2.75) is 5.51 Å². The Bertz CT molecular complexity index is 357. The van der Waals surface area contributed by atoms with E-state index in [1.54, 1.807) is 18.2 Å². The van der Waals surface area contributed by atoms with Crippen LogP contribution in [0.4, 0.5) is 24.5 Å². The molecule has 0 amide bonds. The van der Waals surface area contributed by atoms with Gasteiger partial charge in [-0.3, -0.25) is 0 Å². The monoisotopic (exact) mass is 314 g/mol. The van der Waals surface area contributed by atoms with Crippen molar-refractivity contribution in [2.24, 2.45) is 0 Å². The second-order valence-electron chi connectivity index (χ2n) is 2.95. The first-order valence-electron chi connectivity index (χ1n) is 4.38. The van der Waals surface area contributed by atoms with E-state index in [-0.39, 0.29) is 24.1 Å². The average Bonchev–Trinajstić information content (AvgIpc) is 2.13. The first-order valence-corrected chi connectivity index (χ1v) is 6.16. The van der Waals surface area contributed by atoms with Crippen molar-refractivity contribution >= 4 is 39.1 Å². The van der Waals surface area contributed by atoms with Crippen LogP contribution in [0, 0.1) is 0 Å². The van der Waals surface area contributed by atoms with Crippen LogP contribution in [0.15, 0.2) is 22.7 Å². The fourth-order valence-corrected chi connectivity index (χ4v) is 1.86. The van der Waals surface area contributed by atoms with Gasteiger partial charge >= 0.3 is 5.51 Å². The maximum atomic E-state index is 11.8. The van der Waals surface area contributed by atoms with Crippen LogP contribution in [0.3, 0.4) is 0 Å². The average molecular weight is 315 g/mol. The Morgan fingerprint density at radius 2 is 2.06 bits per heavy atom. The highest BCUT2D eigenvalue weighted by Gasteiger charge is 2.27. The maximum absolute atomic E-state index is 11.8. The zero-order valence-electron chi connectivity index (χ0n) is 8.14. The molecule has 0 heterocycles. The molecular formula is C9H10BrF3N2S. The molecule has 0 saturated carbocycles. The number of nitrogen functional groups attached to an aromatic ring is 1. The van der Waals surface area contributed by atoms with Gasteiger partial charge in [-0.25, -0.2) is 0 Å². The Morgan fingerprint density at radius 3 is 2.62 bits per heavy atom. The summed E-state index contributed by atoms with van der Waals surface area (Å²) in [7, 11) is 0. The van der Waals surface area contributed by atoms with Crippen molar-refractivity contribution in [3.63, 3.8) is 0 Å². The SMILES string of the molecule is Nc1cc(Br)ccc1NCCSC(F)(F)F. The van der Waals surface area contributed by atoms with Crippen molar-refractivity contribution < 1.29 is 13.2 Å². The van der Waals surface area contributed by atoms with Gasteiger partial charge in [-0.05, 0) is 30.0 Å². The minimum Gasteiger partial charge on any atom is -0.397 e. The summed E-state index contributed by atoms with van der Waals surface area (Å²) in [5.74, 6) is -0.0427. The van der Waals surface area contributed by atoms with Gasteiger partial charge in [0.1, 0.15) is 0 Å². The van der Waals surface area contributed by atoms with E-state index in [2.05, 4.69) is 21.2 Å². The molecule has 0 spiro atoms. The molecule has 0 aliphatic carbocycles. The highest BCUT2D eigenvalue weighted by molar-refractivity contribution is 9.10. The number of halogens is 4. The van der Waals surface area contributed by atoms with E-state index < -0.39 is 5.51 Å². The number of rotatable bonds is 4. The summed E-state index contributed by atoms with van der Waals surface area (Å²) in [6, 6.07) is 5.19. The predicted octanol–water partition coefficient (Wildman–Crippen LogP) is 3.70. The number of nitrogens with one attached hydrogen (secondary N) is 1. The molecule has 1 aromatic carbocycles. The van der Waals surface area contributed by atoms with Crippen LogP contribution >= 0.6 is 27.7 Å². The summed E-state index contributed by atoms with van der Waals surface area (Å²) in [6.07, 6.45) is 0. The fourth-order valence-electron chi connectivity index (χ4n) is 1.05. The highest BCUT2D eigenvalue weighted by atomic mass is 79.9. The summed E-state index contributed by atoms with van der Waals surface area (Å²) < 4.78 is 36.3. The van der Waals surface area contributed by atoms with E-state index in [0.29, 0.717) is 11.4 Å². The second-order valence-corrected chi connectivity index (χ2v) is 5.03. The zero-order chi connectivity index (χ0) is 12.2. The van der Waals surface area contributed by atoms with Gasteiger partial charge in [0.2, 0.25) is 0 Å². The summed E-state index contributed by atoms with van der Waals surface area (Å²) in [5.41, 5.74) is 2.64. The Kier molecular flexibility index (Phi) is 4.79. The molecule has 0 aliphatic rings. The van der Waals surface area contributed by atoms with Gasteiger partial charge in [0.05, 0.1) is 11.4 Å². The van der Waals surface area contributed by atoms with E-state index >= 15 is 0 Å². The number of hydrogen-bond acceptors (Lipinski definition) is 3. The number of alkyl halides is 3. The predicted molar refractivity (Wildman–Crippen MR) is 65.6 cm³/mol. The molecule has 0 bridgehead atoms. The summed E-state index contributed by atoms with van der Waals surface area (Å²) in [4.78, 5) is 0. The quantitative estimate of drug-likeness (QED) is 0.657. The van der Waals surface area contributed by atoms with Crippen LogP contribution in [0.2, 0.25) is 0 Å². The minimum absolute atomic E-state index is 0.0427. The smallest absolute Gasteiger partial charge is 0.397 e. The van der Waals surface area contributed by atoms with Gasteiger partial charge in [-0.2, -0.15) is 13.2 Å². The summed E-state index contributed by atoms with van der Waals surface area (Å²) in [6.45, 7) is 0.218. The number of thioether (sulfide) groups is 1. The lowest BCUT2D eigenvalue weighted by molar-refractivity contribution is -0.0327. The Hall–Kier alpha value is -0.560. The van der Waals surface area contributed by atoms with E-state index in [1.165, 1.54) is 0 Å². The molecular weight excluding hydrogens is 305 g/mol. The molecule has 0 atom stereocenters. The molecule has 0 radical (unpaired) electrons. The molecule has 1 rings (SSSR count). The van der Waals surface area contributed by atoms with E-state index in [9.17, 15) is 13.2 Å². The van der Waals surface area contributed by atoms with Crippen molar-refractivity contribution in [2.75, 3.05) is 23.3 Å². The van der Waals surface area contributed by atoms with Gasteiger partial charge in [0, 0.05) is 16.8 Å². The molecule has 0 aliphatic heterocycles. The Balaban J connectivity index is 2.38. The number of anilines is 2. The van der Waals surface area contributed by atoms with Gasteiger partial charge in [-0.15, -0.1) is 0 Å². The third kappa shape index (κ3) is 4.98. The Morgan fingerprint density at radius 1 is 1.38 bits per heavy atom. The van der Waals surface area contributed by atoms with E-state index in [0.717, 1.165) is 4.47 Å². The lowest BCUT2D eigenvalue weighted by atomic mass is 10.3. The molecule has 1 aromatic rings. The fraction of sp³-hybridized carbons (Fsp3) is 0.333. The summed E-state index contributed by atoms with van der Waals surface area (Å²) in [5, 5.41) is 2.85. The van der Waals surface area contributed by atoms with Crippen LogP contribution in [-0.2, 0) is 0 Å². The first-order chi connectivity index (χ1) is 7.38. The third-order valence-corrected chi connectivity index (χ3v) is 2.93. The Labute approximate surface area is 104 Å². The molecule has 16 heavy (non-hydrogen) atoms. The van der Waals surface area contributed by atoms with Crippen LogP contribution in [-0.4, -0.2) is 17.8 Å². The van der Waals surface area contributed by atoms with E-state index in [4.69, 9.17) is 5.73 Å². The van der Waals surface area contributed by atoms with Crippen molar-refractivity contribution in [3.05, 3.63) is 22.7 Å². The van der Waals surface area contributed by atoms with Gasteiger partial charge in [0.25, 0.3) is 0 Å². The molecule has 2 nitrogen and oxygen atoms in total. The van der Waals surface area contributed by atoms with Gasteiger partial charge < -0.3 is 11.1 Å². The van der Waals surface area contributed by atoms with Gasteiger partial charge in [-0.1, -0.05) is 15.9 Å². The third-order valence-electron chi connectivity index (χ3n) is 1.70. The lowest BCUT2D eigenvalue weighted by Gasteiger charge is -2.10. The molecule has 0 unspecified atom stereocenters. The van der Waals surface area contributed by atoms with Crippen molar-refractivity contribution in [1.82, 2.24) is 0 Å². The van der Waals surface area contributed by atoms with Crippen LogP contribution < -0.4 is 11.1 Å². The maximum Gasteiger partial charge on any atom is 0.441 e. The van der Waals surface area contributed by atoms with Crippen molar-refractivity contribution in [3.8, 4) is 0 Å². The number of benzene rings is 1. The lowest BCUT2D eigenvalue weighted by Crippen LogP contribution is -2.10. The number of nitrogens with two attached hydrogens (primary N) is 1. The first kappa shape index (κ1) is 13.5. The summed E-state index contributed by atoms with van der Waals surface area (Å²) >= 11 is 3.19. The van der Waals surface area contributed by atoms with Gasteiger partial charge in [0.15, 0.2) is 0 Å². The molecule has 0 aromatic heterocycles. The zero-order valence-corrected chi connectivity index (χ0v) is 10.5. The van der Waals surface area contributed by atoms with Crippen LogP contribution in [0.25, 0.3) is 0 Å². The molecule has 0 saturated heterocycles. The van der Waals surface area contributed by atoms with Crippen LogP contribution in [0.5, 0.6) is 0 Å². The number of hydrogen-bond donors (Lipinski definition) is 2. The minimum atomic E-state index is -4.17. The van der Waals surface area contributed by atoms with Crippen LogP contribution in [0.1, 0.15) is 0 Å².